The van der Waals surface area contributed by atoms with Gasteiger partial charge in [0.2, 0.25) is 23.2 Å². The van der Waals surface area contributed by atoms with E-state index in [1.54, 1.807) is 25.2 Å². The van der Waals surface area contributed by atoms with Crippen molar-refractivity contribution in [2.45, 2.75) is 39.1 Å². The summed E-state index contributed by atoms with van der Waals surface area (Å²) < 4.78 is 17.6. The maximum Gasteiger partial charge on any atom is 0.247 e. The van der Waals surface area contributed by atoms with Crippen LogP contribution in [0.3, 0.4) is 0 Å². The normalized spacial score (nSPS) is 14.6. The molecule has 4 rings (SSSR count). The summed E-state index contributed by atoms with van der Waals surface area (Å²) in [5, 5.41) is 9.26. The number of hydrogen-bond donors (Lipinski definition) is 0. The first-order valence-electron chi connectivity index (χ1n) is 10.6. The van der Waals surface area contributed by atoms with Crippen molar-refractivity contribution in [3.05, 3.63) is 47.0 Å². The van der Waals surface area contributed by atoms with Gasteiger partial charge in [0, 0.05) is 12.5 Å². The van der Waals surface area contributed by atoms with Crippen molar-refractivity contribution in [1.82, 2.24) is 15.2 Å². The molecule has 0 saturated heterocycles. The van der Waals surface area contributed by atoms with Crippen LogP contribution in [-0.2, 0) is 4.79 Å². The molecule has 8 nitrogen and oxygen atoms in total. The minimum Gasteiger partial charge on any atom is -0.493 e. The van der Waals surface area contributed by atoms with Crippen LogP contribution < -0.4 is 19.1 Å². The minimum absolute atomic E-state index is 0.193. The van der Waals surface area contributed by atoms with Gasteiger partial charge in [0.1, 0.15) is 0 Å². The Kier molecular flexibility index (Phi) is 6.42. The van der Waals surface area contributed by atoms with Gasteiger partial charge in [-0.15, -0.1) is 10.2 Å². The Morgan fingerprint density at radius 1 is 1.18 bits per heavy atom. The molecule has 2 heterocycles. The van der Waals surface area contributed by atoms with Crippen molar-refractivity contribution < 1.29 is 19.0 Å². The van der Waals surface area contributed by atoms with Crippen LogP contribution in [0, 0.1) is 13.8 Å². The highest BCUT2D eigenvalue weighted by Crippen LogP contribution is 2.48. The second-order valence-corrected chi connectivity index (χ2v) is 8.83. The predicted octanol–water partition coefficient (Wildman–Crippen LogP) is 4.73. The monoisotopic (exact) mass is 466 g/mol. The highest BCUT2D eigenvalue weighted by Gasteiger charge is 2.37. The molecule has 1 amide bonds. The van der Waals surface area contributed by atoms with E-state index in [0.717, 1.165) is 22.4 Å². The van der Waals surface area contributed by atoms with Crippen LogP contribution in [-0.4, -0.2) is 41.1 Å². The van der Waals surface area contributed by atoms with E-state index in [-0.39, 0.29) is 5.91 Å². The molecule has 1 aliphatic rings. The van der Waals surface area contributed by atoms with Gasteiger partial charge >= 0.3 is 0 Å². The van der Waals surface area contributed by atoms with E-state index < -0.39 is 6.23 Å². The van der Waals surface area contributed by atoms with Crippen LogP contribution in [0.25, 0.3) is 11.3 Å². The Bertz CT molecular complexity index is 1220. The number of fused-ring (bicyclic) bond motifs is 3. The SMILES string of the molecule is CCSc1nnc2c(n1)O[C@@H](c1cccc(OC)c1OC)N(C(C)=O)c1c(C)cc(C)cc1-2. The first-order chi connectivity index (χ1) is 15.9. The molecule has 0 aliphatic carbocycles. The number of carbonyl (C=O) groups excluding carboxylic acids is 1. The Labute approximate surface area is 197 Å². The molecule has 0 spiro atoms. The molecule has 0 fully saturated rings. The number of para-hydroxylation sites is 1. The summed E-state index contributed by atoms with van der Waals surface area (Å²) in [6.45, 7) is 7.50. The molecule has 0 saturated carbocycles. The average Bonchev–Trinajstić information content (AvgIpc) is 2.93. The van der Waals surface area contributed by atoms with Gasteiger partial charge in [0.05, 0.1) is 25.5 Å². The molecule has 0 radical (unpaired) electrons. The fourth-order valence-electron chi connectivity index (χ4n) is 4.11. The van der Waals surface area contributed by atoms with Gasteiger partial charge in [0.25, 0.3) is 0 Å². The zero-order valence-electron chi connectivity index (χ0n) is 19.5. The number of anilines is 1. The van der Waals surface area contributed by atoms with Crippen molar-refractivity contribution in [2.75, 3.05) is 24.9 Å². The smallest absolute Gasteiger partial charge is 0.247 e. The lowest BCUT2D eigenvalue weighted by molar-refractivity contribution is -0.118. The number of ether oxygens (including phenoxy) is 3. The lowest BCUT2D eigenvalue weighted by Crippen LogP contribution is -2.36. The molecule has 0 N–H and O–H groups in total. The van der Waals surface area contributed by atoms with Gasteiger partial charge in [-0.2, -0.15) is 4.98 Å². The van der Waals surface area contributed by atoms with E-state index in [9.17, 15) is 4.79 Å². The molecule has 1 atom stereocenters. The third kappa shape index (κ3) is 4.08. The fraction of sp³-hybridized carbons (Fsp3) is 0.333. The van der Waals surface area contributed by atoms with Gasteiger partial charge in [-0.1, -0.05) is 36.4 Å². The number of rotatable bonds is 5. The van der Waals surface area contributed by atoms with Crippen LogP contribution in [0.4, 0.5) is 5.69 Å². The van der Waals surface area contributed by atoms with Crippen LogP contribution in [0.1, 0.15) is 36.8 Å². The number of carbonyl (C=O) groups is 1. The number of nitrogens with zero attached hydrogens (tertiary/aromatic N) is 4. The molecule has 1 aliphatic heterocycles. The first-order valence-corrected chi connectivity index (χ1v) is 11.5. The Balaban J connectivity index is 2.05. The molecular weight excluding hydrogens is 440 g/mol. The molecule has 1 aromatic heterocycles. The molecule has 2 aromatic carbocycles. The maximum absolute atomic E-state index is 13.1. The van der Waals surface area contributed by atoms with Gasteiger partial charge in [-0.3, -0.25) is 9.69 Å². The summed E-state index contributed by atoms with van der Waals surface area (Å²) in [6, 6.07) is 9.50. The molecule has 172 valence electrons. The Morgan fingerprint density at radius 2 is 1.97 bits per heavy atom. The molecule has 9 heteroatoms. The number of aromatic nitrogens is 3. The number of hydrogen-bond acceptors (Lipinski definition) is 8. The zero-order chi connectivity index (χ0) is 23.7. The highest BCUT2D eigenvalue weighted by molar-refractivity contribution is 7.99. The third-order valence-electron chi connectivity index (χ3n) is 5.35. The fourth-order valence-corrected chi connectivity index (χ4v) is 4.61. The molecule has 3 aromatic rings. The molecule has 0 bridgehead atoms. The first kappa shape index (κ1) is 22.8. The van der Waals surface area contributed by atoms with Gasteiger partial charge in [-0.25, -0.2) is 0 Å². The number of amides is 1. The summed E-state index contributed by atoms with van der Waals surface area (Å²) in [5.74, 6) is 1.93. The topological polar surface area (TPSA) is 86.7 Å². The Hall–Kier alpha value is -3.33. The Morgan fingerprint density at radius 3 is 2.64 bits per heavy atom. The molecular formula is C24H26N4O4S. The quantitative estimate of drug-likeness (QED) is 0.499. The van der Waals surface area contributed by atoms with E-state index >= 15 is 0 Å². The molecule has 0 unspecified atom stereocenters. The van der Waals surface area contributed by atoms with Gasteiger partial charge in [0.15, 0.2) is 17.2 Å². The van der Waals surface area contributed by atoms with Crippen LogP contribution >= 0.6 is 11.8 Å². The number of thioether (sulfide) groups is 1. The zero-order valence-corrected chi connectivity index (χ0v) is 20.3. The van der Waals surface area contributed by atoms with E-state index in [2.05, 4.69) is 15.2 Å². The maximum atomic E-state index is 13.1. The van der Waals surface area contributed by atoms with Crippen molar-refractivity contribution in [2.24, 2.45) is 0 Å². The largest absolute Gasteiger partial charge is 0.493 e. The van der Waals surface area contributed by atoms with Crippen molar-refractivity contribution >= 4 is 23.4 Å². The number of aryl methyl sites for hydroxylation is 2. The van der Waals surface area contributed by atoms with E-state index in [4.69, 9.17) is 14.2 Å². The molecule has 33 heavy (non-hydrogen) atoms. The lowest BCUT2D eigenvalue weighted by Gasteiger charge is -2.32. The average molecular weight is 467 g/mol. The van der Waals surface area contributed by atoms with Gasteiger partial charge in [-0.05, 0) is 43.4 Å². The number of methoxy groups -OCH3 is 2. The van der Waals surface area contributed by atoms with Gasteiger partial charge < -0.3 is 14.2 Å². The summed E-state index contributed by atoms with van der Waals surface area (Å²) in [6.07, 6.45) is -0.856. The standard InChI is InChI=1S/C24H26N4O4S/c1-7-33-24-25-22-19(26-27-24)17-12-13(2)11-14(3)20(17)28(15(4)29)23(32-22)16-9-8-10-18(30-5)21(16)31-6/h8-12,23H,7H2,1-6H3/t23-/m0/s1. The van der Waals surface area contributed by atoms with E-state index in [1.165, 1.54) is 18.7 Å². The number of benzene rings is 2. The summed E-state index contributed by atoms with van der Waals surface area (Å²) in [7, 11) is 3.13. The van der Waals surface area contributed by atoms with E-state index in [1.807, 2.05) is 45.0 Å². The minimum atomic E-state index is -0.856. The second-order valence-electron chi connectivity index (χ2n) is 7.60. The summed E-state index contributed by atoms with van der Waals surface area (Å²) in [4.78, 5) is 19.4. The highest BCUT2D eigenvalue weighted by atomic mass is 32.2. The summed E-state index contributed by atoms with van der Waals surface area (Å²) >= 11 is 1.47. The van der Waals surface area contributed by atoms with Crippen LogP contribution in [0.15, 0.2) is 35.5 Å². The lowest BCUT2D eigenvalue weighted by atomic mass is 10.00. The predicted molar refractivity (Wildman–Crippen MR) is 127 cm³/mol. The van der Waals surface area contributed by atoms with Crippen LogP contribution in [0.2, 0.25) is 0 Å². The second kappa shape index (κ2) is 9.27. The van der Waals surface area contributed by atoms with Crippen molar-refractivity contribution in [3.8, 4) is 28.6 Å². The van der Waals surface area contributed by atoms with Crippen molar-refractivity contribution in [1.29, 1.82) is 0 Å². The van der Waals surface area contributed by atoms with Crippen molar-refractivity contribution in [3.63, 3.8) is 0 Å². The summed E-state index contributed by atoms with van der Waals surface area (Å²) in [5.41, 5.74) is 4.52. The van der Waals surface area contributed by atoms with E-state index in [0.29, 0.717) is 39.5 Å². The third-order valence-corrected chi connectivity index (χ3v) is 6.07. The van der Waals surface area contributed by atoms with Crippen LogP contribution in [0.5, 0.6) is 17.4 Å².